The zero-order chi connectivity index (χ0) is 9.68. The number of hydrogen-bond donors (Lipinski definition) is 1. The van der Waals surface area contributed by atoms with E-state index < -0.39 is 0 Å². The monoisotopic (exact) mass is 185 g/mol. The molecule has 0 aromatic carbocycles. The summed E-state index contributed by atoms with van der Waals surface area (Å²) >= 11 is 0. The molecule has 1 heterocycles. The predicted octanol–water partition coefficient (Wildman–Crippen LogP) is 0.361. The van der Waals surface area contributed by atoms with Crippen LogP contribution >= 0.6 is 0 Å². The Morgan fingerprint density at radius 1 is 1.38 bits per heavy atom. The van der Waals surface area contributed by atoms with Crippen molar-refractivity contribution >= 4 is 0 Å². The lowest BCUT2D eigenvalue weighted by molar-refractivity contribution is 0.219. The molecule has 1 saturated heterocycles. The highest BCUT2D eigenvalue weighted by molar-refractivity contribution is 4.74. The maximum atomic E-state index is 5.51. The highest BCUT2D eigenvalue weighted by atomic mass is 15.2. The molecule has 78 valence electrons. The van der Waals surface area contributed by atoms with E-state index in [2.05, 4.69) is 23.8 Å². The molecule has 0 spiro atoms. The number of likely N-dealkylation sites (N-methyl/N-ethyl adjacent to an activating group) is 1. The van der Waals surface area contributed by atoms with Crippen molar-refractivity contribution in [1.82, 2.24) is 9.80 Å². The van der Waals surface area contributed by atoms with Crippen molar-refractivity contribution in [2.45, 2.75) is 25.8 Å². The minimum Gasteiger partial charge on any atom is -0.330 e. The highest BCUT2D eigenvalue weighted by Crippen LogP contribution is 2.07. The van der Waals surface area contributed by atoms with Crippen molar-refractivity contribution in [2.24, 2.45) is 5.73 Å². The van der Waals surface area contributed by atoms with Gasteiger partial charge in [0.2, 0.25) is 0 Å². The Bertz CT molecular complexity index is 136. The molecule has 13 heavy (non-hydrogen) atoms. The fourth-order valence-corrected chi connectivity index (χ4v) is 1.89. The van der Waals surface area contributed by atoms with Crippen LogP contribution in [0.15, 0.2) is 0 Å². The Morgan fingerprint density at radius 2 is 2.15 bits per heavy atom. The third-order valence-electron chi connectivity index (χ3n) is 2.94. The van der Waals surface area contributed by atoms with Gasteiger partial charge < -0.3 is 15.5 Å². The molecule has 1 rings (SSSR count). The number of rotatable bonds is 3. The van der Waals surface area contributed by atoms with Crippen molar-refractivity contribution in [2.75, 3.05) is 39.8 Å². The first-order valence-corrected chi connectivity index (χ1v) is 5.36. The lowest BCUT2D eigenvalue weighted by atomic mass is 10.3. The molecular weight excluding hydrogens is 162 g/mol. The van der Waals surface area contributed by atoms with Gasteiger partial charge in [-0.05, 0) is 53.0 Å². The molecule has 2 N–H and O–H groups in total. The predicted molar refractivity (Wildman–Crippen MR) is 56.8 cm³/mol. The van der Waals surface area contributed by atoms with Gasteiger partial charge in [0.1, 0.15) is 0 Å². The molecule has 0 aromatic heterocycles. The summed E-state index contributed by atoms with van der Waals surface area (Å²) in [4.78, 5) is 4.99. The number of nitrogens with two attached hydrogens (primary N) is 1. The third kappa shape index (κ3) is 3.63. The van der Waals surface area contributed by atoms with E-state index in [0.29, 0.717) is 6.04 Å². The van der Waals surface area contributed by atoms with Crippen LogP contribution in [0.2, 0.25) is 0 Å². The number of nitrogens with zero attached hydrogens (tertiary/aromatic N) is 2. The van der Waals surface area contributed by atoms with E-state index in [4.69, 9.17) is 5.73 Å². The van der Waals surface area contributed by atoms with Gasteiger partial charge in [0.25, 0.3) is 0 Å². The van der Waals surface area contributed by atoms with Crippen molar-refractivity contribution in [3.05, 3.63) is 0 Å². The molecule has 0 aromatic rings. The Kier molecular flexibility index (Phi) is 4.70. The Labute approximate surface area is 81.9 Å². The Morgan fingerprint density at radius 3 is 2.85 bits per heavy atom. The molecule has 1 fully saturated rings. The minimum atomic E-state index is 0.695. The van der Waals surface area contributed by atoms with Gasteiger partial charge in [0.05, 0.1) is 0 Å². The van der Waals surface area contributed by atoms with E-state index in [0.717, 1.165) is 13.0 Å². The van der Waals surface area contributed by atoms with Crippen LogP contribution in [0.5, 0.6) is 0 Å². The van der Waals surface area contributed by atoms with Gasteiger partial charge in [-0.1, -0.05) is 0 Å². The summed E-state index contributed by atoms with van der Waals surface area (Å²) in [6.45, 7) is 7.99. The molecule has 1 atom stereocenters. The number of hydrogen-bond acceptors (Lipinski definition) is 3. The first kappa shape index (κ1) is 11.0. The van der Waals surface area contributed by atoms with E-state index >= 15 is 0 Å². The average Bonchev–Trinajstić information content (AvgIpc) is 2.26. The first-order valence-electron chi connectivity index (χ1n) is 5.36. The zero-order valence-electron chi connectivity index (χ0n) is 9.00. The van der Waals surface area contributed by atoms with Crippen LogP contribution in [-0.2, 0) is 0 Å². The SMILES string of the molecule is CC1CN(CCCN)CCCN1C. The van der Waals surface area contributed by atoms with Crippen molar-refractivity contribution < 1.29 is 0 Å². The summed E-state index contributed by atoms with van der Waals surface area (Å²) in [7, 11) is 2.22. The van der Waals surface area contributed by atoms with Crippen LogP contribution in [0.4, 0.5) is 0 Å². The van der Waals surface area contributed by atoms with Gasteiger partial charge in [-0.2, -0.15) is 0 Å². The van der Waals surface area contributed by atoms with E-state index in [1.807, 2.05) is 0 Å². The largest absolute Gasteiger partial charge is 0.330 e. The van der Waals surface area contributed by atoms with Crippen LogP contribution in [-0.4, -0.2) is 55.6 Å². The van der Waals surface area contributed by atoms with Crippen LogP contribution in [0.3, 0.4) is 0 Å². The molecule has 3 nitrogen and oxygen atoms in total. The first-order chi connectivity index (χ1) is 6.24. The topological polar surface area (TPSA) is 32.5 Å². The Balaban J connectivity index is 2.31. The van der Waals surface area contributed by atoms with E-state index in [1.54, 1.807) is 0 Å². The zero-order valence-corrected chi connectivity index (χ0v) is 9.00. The molecule has 1 unspecified atom stereocenters. The second-order valence-electron chi connectivity index (χ2n) is 4.13. The quantitative estimate of drug-likeness (QED) is 0.689. The van der Waals surface area contributed by atoms with Gasteiger partial charge >= 0.3 is 0 Å². The summed E-state index contributed by atoms with van der Waals surface area (Å²) in [6.07, 6.45) is 2.43. The summed E-state index contributed by atoms with van der Waals surface area (Å²) in [6, 6.07) is 0.695. The fraction of sp³-hybridized carbons (Fsp3) is 1.00. The second-order valence-corrected chi connectivity index (χ2v) is 4.13. The molecule has 3 heteroatoms. The molecule has 0 bridgehead atoms. The molecular formula is C10H23N3. The van der Waals surface area contributed by atoms with Crippen molar-refractivity contribution in [3.8, 4) is 0 Å². The molecule has 0 saturated carbocycles. The highest BCUT2D eigenvalue weighted by Gasteiger charge is 2.17. The van der Waals surface area contributed by atoms with E-state index in [1.165, 1.54) is 32.6 Å². The third-order valence-corrected chi connectivity index (χ3v) is 2.94. The minimum absolute atomic E-state index is 0.695. The summed E-state index contributed by atoms with van der Waals surface area (Å²) in [5, 5.41) is 0. The summed E-state index contributed by atoms with van der Waals surface area (Å²) in [5.74, 6) is 0. The normalized spacial score (nSPS) is 27.5. The average molecular weight is 185 g/mol. The molecule has 0 radical (unpaired) electrons. The molecule has 0 amide bonds. The maximum Gasteiger partial charge on any atom is 0.0191 e. The maximum absolute atomic E-state index is 5.51. The molecule has 1 aliphatic heterocycles. The van der Waals surface area contributed by atoms with Gasteiger partial charge in [-0.15, -0.1) is 0 Å². The smallest absolute Gasteiger partial charge is 0.0191 e. The molecule has 0 aliphatic carbocycles. The standard InChI is InChI=1S/C10H23N3/c1-10-9-13(7-3-5-11)8-4-6-12(10)2/h10H,3-9,11H2,1-2H3. The van der Waals surface area contributed by atoms with Gasteiger partial charge in [-0.3, -0.25) is 0 Å². The Hall–Kier alpha value is -0.120. The lowest BCUT2D eigenvalue weighted by Gasteiger charge is -2.25. The summed E-state index contributed by atoms with van der Waals surface area (Å²) < 4.78 is 0. The fourth-order valence-electron chi connectivity index (χ4n) is 1.89. The van der Waals surface area contributed by atoms with Gasteiger partial charge in [0.15, 0.2) is 0 Å². The van der Waals surface area contributed by atoms with Gasteiger partial charge in [-0.25, -0.2) is 0 Å². The van der Waals surface area contributed by atoms with Gasteiger partial charge in [0, 0.05) is 12.6 Å². The van der Waals surface area contributed by atoms with Crippen molar-refractivity contribution in [3.63, 3.8) is 0 Å². The summed E-state index contributed by atoms with van der Waals surface area (Å²) in [5.41, 5.74) is 5.51. The van der Waals surface area contributed by atoms with Crippen LogP contribution in [0.25, 0.3) is 0 Å². The lowest BCUT2D eigenvalue weighted by Crippen LogP contribution is -2.37. The van der Waals surface area contributed by atoms with Crippen molar-refractivity contribution in [1.29, 1.82) is 0 Å². The van der Waals surface area contributed by atoms with Crippen LogP contribution < -0.4 is 5.73 Å². The second kappa shape index (κ2) is 5.58. The van der Waals surface area contributed by atoms with Crippen LogP contribution in [0, 0.1) is 0 Å². The van der Waals surface area contributed by atoms with Crippen LogP contribution in [0.1, 0.15) is 19.8 Å². The van der Waals surface area contributed by atoms with E-state index in [9.17, 15) is 0 Å². The van der Waals surface area contributed by atoms with E-state index in [-0.39, 0.29) is 0 Å². The molecule has 1 aliphatic rings.